The summed E-state index contributed by atoms with van der Waals surface area (Å²) in [6.07, 6.45) is 3.49. The molecule has 0 spiro atoms. The molecule has 108 valence electrons. The summed E-state index contributed by atoms with van der Waals surface area (Å²) in [5.74, 6) is 1.66. The lowest BCUT2D eigenvalue weighted by Crippen LogP contribution is -1.99. The minimum absolute atomic E-state index is 0.666. The van der Waals surface area contributed by atoms with Gasteiger partial charge in [-0.05, 0) is 42.8 Å². The van der Waals surface area contributed by atoms with Crippen molar-refractivity contribution in [3.63, 3.8) is 0 Å². The molecule has 3 rings (SSSR count). The SMILES string of the molecule is Nc1ccc(OCCCc2nc(-c3ccco3)cs2)cc1. The van der Waals surface area contributed by atoms with Crippen LogP contribution < -0.4 is 10.5 Å². The van der Waals surface area contributed by atoms with Gasteiger partial charge in [0.15, 0.2) is 5.76 Å². The van der Waals surface area contributed by atoms with Crippen LogP contribution in [0.15, 0.2) is 52.5 Å². The molecule has 0 aliphatic heterocycles. The van der Waals surface area contributed by atoms with Crippen molar-refractivity contribution in [2.75, 3.05) is 12.3 Å². The second kappa shape index (κ2) is 6.45. The Bertz CT molecular complexity index is 675. The number of nitrogens with two attached hydrogens (primary N) is 1. The van der Waals surface area contributed by atoms with Crippen LogP contribution >= 0.6 is 11.3 Å². The van der Waals surface area contributed by atoms with Crippen LogP contribution in [0, 0.1) is 0 Å². The van der Waals surface area contributed by atoms with E-state index >= 15 is 0 Å². The molecule has 0 fully saturated rings. The maximum Gasteiger partial charge on any atom is 0.153 e. The normalized spacial score (nSPS) is 10.7. The van der Waals surface area contributed by atoms with Crippen LogP contribution in [0.4, 0.5) is 5.69 Å². The summed E-state index contributed by atoms with van der Waals surface area (Å²) in [5.41, 5.74) is 7.28. The minimum atomic E-state index is 0.666. The van der Waals surface area contributed by atoms with Crippen LogP contribution in [-0.2, 0) is 6.42 Å². The molecule has 0 bridgehead atoms. The lowest BCUT2D eigenvalue weighted by atomic mass is 10.3. The summed E-state index contributed by atoms with van der Waals surface area (Å²) in [6.45, 7) is 0.666. The van der Waals surface area contributed by atoms with E-state index in [-0.39, 0.29) is 0 Å². The molecule has 3 aromatic rings. The van der Waals surface area contributed by atoms with Crippen molar-refractivity contribution in [3.8, 4) is 17.2 Å². The number of benzene rings is 1. The highest BCUT2D eigenvalue weighted by molar-refractivity contribution is 7.09. The van der Waals surface area contributed by atoms with Crippen molar-refractivity contribution >= 4 is 17.0 Å². The molecule has 0 amide bonds. The number of anilines is 1. The zero-order chi connectivity index (χ0) is 14.5. The largest absolute Gasteiger partial charge is 0.494 e. The monoisotopic (exact) mass is 300 g/mol. The number of thiazole rings is 1. The molecule has 2 aromatic heterocycles. The Hall–Kier alpha value is -2.27. The van der Waals surface area contributed by atoms with Crippen LogP contribution in [0.25, 0.3) is 11.5 Å². The number of furan rings is 1. The van der Waals surface area contributed by atoms with E-state index in [0.717, 1.165) is 40.7 Å². The first-order chi connectivity index (χ1) is 10.3. The zero-order valence-corrected chi connectivity index (χ0v) is 12.3. The molecule has 4 nitrogen and oxygen atoms in total. The van der Waals surface area contributed by atoms with E-state index in [2.05, 4.69) is 4.98 Å². The first-order valence-corrected chi connectivity index (χ1v) is 7.66. The van der Waals surface area contributed by atoms with Gasteiger partial charge in [0.1, 0.15) is 11.4 Å². The van der Waals surface area contributed by atoms with Gasteiger partial charge >= 0.3 is 0 Å². The number of hydrogen-bond donors (Lipinski definition) is 1. The molecular formula is C16H16N2O2S. The third-order valence-corrected chi connectivity index (χ3v) is 3.92. The van der Waals surface area contributed by atoms with Crippen molar-refractivity contribution in [1.29, 1.82) is 0 Å². The number of ether oxygens (including phenoxy) is 1. The van der Waals surface area contributed by atoms with E-state index in [1.165, 1.54) is 0 Å². The number of nitrogen functional groups attached to an aromatic ring is 1. The molecule has 0 radical (unpaired) electrons. The van der Waals surface area contributed by atoms with E-state index in [9.17, 15) is 0 Å². The molecule has 2 N–H and O–H groups in total. The topological polar surface area (TPSA) is 61.3 Å². The first kappa shape index (κ1) is 13.7. The maximum absolute atomic E-state index is 5.66. The Kier molecular flexibility index (Phi) is 4.21. The fourth-order valence-corrected chi connectivity index (χ4v) is 2.77. The standard InChI is InChI=1S/C16H16N2O2S/c17-12-5-7-13(8-6-12)19-9-2-4-16-18-14(11-21-16)15-3-1-10-20-15/h1,3,5-8,10-11H,2,4,9,17H2. The summed E-state index contributed by atoms with van der Waals surface area (Å²) in [4.78, 5) is 4.56. The lowest BCUT2D eigenvalue weighted by Gasteiger charge is -2.05. The number of hydrogen-bond acceptors (Lipinski definition) is 5. The molecule has 0 aliphatic rings. The van der Waals surface area contributed by atoms with Gasteiger partial charge in [-0.25, -0.2) is 4.98 Å². The Balaban J connectivity index is 1.46. The van der Waals surface area contributed by atoms with Gasteiger partial charge in [0.25, 0.3) is 0 Å². The van der Waals surface area contributed by atoms with Crippen molar-refractivity contribution < 1.29 is 9.15 Å². The third kappa shape index (κ3) is 3.64. The van der Waals surface area contributed by atoms with Gasteiger partial charge in [-0.2, -0.15) is 0 Å². The summed E-state index contributed by atoms with van der Waals surface area (Å²) in [7, 11) is 0. The van der Waals surface area contributed by atoms with Crippen LogP contribution in [0.1, 0.15) is 11.4 Å². The molecule has 21 heavy (non-hydrogen) atoms. The highest BCUT2D eigenvalue weighted by Crippen LogP contribution is 2.23. The van der Waals surface area contributed by atoms with Crippen molar-refractivity contribution in [2.24, 2.45) is 0 Å². The smallest absolute Gasteiger partial charge is 0.153 e. The fraction of sp³-hybridized carbons (Fsp3) is 0.188. The number of aryl methyl sites for hydroxylation is 1. The van der Waals surface area contributed by atoms with Crippen molar-refractivity contribution in [3.05, 3.63) is 53.0 Å². The van der Waals surface area contributed by atoms with Crippen molar-refractivity contribution in [2.45, 2.75) is 12.8 Å². The highest BCUT2D eigenvalue weighted by Gasteiger charge is 2.06. The zero-order valence-electron chi connectivity index (χ0n) is 11.5. The van der Waals surface area contributed by atoms with Crippen LogP contribution in [0.3, 0.4) is 0 Å². The molecule has 2 heterocycles. The summed E-state index contributed by atoms with van der Waals surface area (Å²) >= 11 is 1.65. The number of rotatable bonds is 6. The molecule has 0 atom stereocenters. The van der Waals surface area contributed by atoms with Crippen LogP contribution in [0.2, 0.25) is 0 Å². The summed E-state index contributed by atoms with van der Waals surface area (Å²) in [5, 5.41) is 3.12. The quantitative estimate of drug-likeness (QED) is 0.552. The average molecular weight is 300 g/mol. The van der Waals surface area contributed by atoms with Crippen molar-refractivity contribution in [1.82, 2.24) is 4.98 Å². The Morgan fingerprint density at radius 2 is 2.05 bits per heavy atom. The van der Waals surface area contributed by atoms with Crippen LogP contribution in [0.5, 0.6) is 5.75 Å². The first-order valence-electron chi connectivity index (χ1n) is 6.78. The average Bonchev–Trinajstić information content (AvgIpc) is 3.16. The predicted molar refractivity (Wildman–Crippen MR) is 84.5 cm³/mol. The Labute approximate surface area is 127 Å². The van der Waals surface area contributed by atoms with Gasteiger partial charge in [0.05, 0.1) is 17.9 Å². The molecule has 1 aromatic carbocycles. The summed E-state index contributed by atoms with van der Waals surface area (Å²) < 4.78 is 11.0. The van der Waals surface area contributed by atoms with E-state index in [1.54, 1.807) is 17.6 Å². The third-order valence-electron chi connectivity index (χ3n) is 3.01. The molecule has 0 saturated heterocycles. The molecule has 0 saturated carbocycles. The number of nitrogens with zero attached hydrogens (tertiary/aromatic N) is 1. The van der Waals surface area contributed by atoms with Gasteiger partial charge in [-0.1, -0.05) is 0 Å². The van der Waals surface area contributed by atoms with Crippen LogP contribution in [-0.4, -0.2) is 11.6 Å². The maximum atomic E-state index is 5.66. The van der Waals surface area contributed by atoms with E-state index in [4.69, 9.17) is 14.9 Å². The van der Waals surface area contributed by atoms with Gasteiger partial charge in [0.2, 0.25) is 0 Å². The van der Waals surface area contributed by atoms with E-state index in [1.807, 2.05) is 41.8 Å². The second-order valence-electron chi connectivity index (χ2n) is 4.62. The summed E-state index contributed by atoms with van der Waals surface area (Å²) in [6, 6.07) is 11.2. The second-order valence-corrected chi connectivity index (χ2v) is 5.57. The van der Waals surface area contributed by atoms with Gasteiger partial charge in [-0.3, -0.25) is 0 Å². The van der Waals surface area contributed by atoms with Gasteiger partial charge in [0, 0.05) is 17.5 Å². The minimum Gasteiger partial charge on any atom is -0.494 e. The van der Waals surface area contributed by atoms with E-state index in [0.29, 0.717) is 6.61 Å². The molecule has 0 unspecified atom stereocenters. The highest BCUT2D eigenvalue weighted by atomic mass is 32.1. The number of aromatic nitrogens is 1. The molecule has 0 aliphatic carbocycles. The van der Waals surface area contributed by atoms with E-state index < -0.39 is 0 Å². The van der Waals surface area contributed by atoms with Gasteiger partial charge in [-0.15, -0.1) is 11.3 Å². The van der Waals surface area contributed by atoms with Gasteiger partial charge < -0.3 is 14.9 Å². The fourth-order valence-electron chi connectivity index (χ4n) is 1.94. The Morgan fingerprint density at radius 1 is 1.19 bits per heavy atom. The molecular weight excluding hydrogens is 284 g/mol. The predicted octanol–water partition coefficient (Wildman–Crippen LogP) is 4.00. The lowest BCUT2D eigenvalue weighted by molar-refractivity contribution is 0.311. The molecule has 5 heteroatoms. The Morgan fingerprint density at radius 3 is 2.81 bits per heavy atom.